The Morgan fingerprint density at radius 1 is 1.70 bits per heavy atom. The summed E-state index contributed by atoms with van der Waals surface area (Å²) in [6.45, 7) is 0. The van der Waals surface area contributed by atoms with Gasteiger partial charge in [0.05, 0.1) is 6.26 Å². The molecule has 0 saturated carbocycles. The maximum Gasteiger partial charge on any atom is 0.142 e. The first-order valence-corrected chi connectivity index (χ1v) is 4.59. The third kappa shape index (κ3) is 2.56. The molecule has 0 fully saturated rings. The van der Waals surface area contributed by atoms with Gasteiger partial charge in [-0.3, -0.25) is 0 Å². The maximum absolute atomic E-state index is 5.08. The van der Waals surface area contributed by atoms with Crippen LogP contribution in [-0.4, -0.2) is 5.52 Å². The Morgan fingerprint density at radius 2 is 2.60 bits per heavy atom. The Kier molecular flexibility index (Phi) is 3.58. The van der Waals surface area contributed by atoms with Crippen LogP contribution < -0.4 is 0 Å². The molecule has 0 aromatic heterocycles. The Labute approximate surface area is 69.9 Å². The van der Waals surface area contributed by atoms with Crippen LogP contribution in [0.4, 0.5) is 0 Å². The molecule has 2 heteroatoms. The number of allylic oxidation sites excluding steroid dienone is 3. The number of hydrogen-bond donors (Lipinski definition) is 0. The van der Waals surface area contributed by atoms with Gasteiger partial charge in [-0.15, -0.1) is 0 Å². The van der Waals surface area contributed by atoms with Crippen molar-refractivity contribution in [2.45, 2.75) is 19.3 Å². The summed E-state index contributed by atoms with van der Waals surface area (Å²) in [5.74, 6) is 0. The molecule has 0 heterocycles. The van der Waals surface area contributed by atoms with Crippen molar-refractivity contribution in [3.05, 3.63) is 24.0 Å². The molecular weight excluding hydrogens is 192 g/mol. The van der Waals surface area contributed by atoms with Gasteiger partial charge in [0.1, 0.15) is 5.52 Å². The van der Waals surface area contributed by atoms with Gasteiger partial charge >= 0.3 is 0 Å². The lowest BCUT2D eigenvalue weighted by molar-refractivity contribution is 0.317. The van der Waals surface area contributed by atoms with Gasteiger partial charge in [0, 0.05) is 0 Å². The molecule has 0 N–H and O–H groups in total. The molecule has 0 aromatic rings. The maximum atomic E-state index is 5.08. The molecule has 56 valence electrons. The average molecular weight is 203 g/mol. The number of rotatable bonds is 2. The second kappa shape index (κ2) is 4.56. The van der Waals surface area contributed by atoms with Crippen LogP contribution in [0, 0.1) is 0 Å². The SMILES string of the molecule is BrCO/C=C1\C=CCCC1. The summed E-state index contributed by atoms with van der Waals surface area (Å²) in [5, 5.41) is 0. The summed E-state index contributed by atoms with van der Waals surface area (Å²) >= 11 is 3.19. The monoisotopic (exact) mass is 202 g/mol. The summed E-state index contributed by atoms with van der Waals surface area (Å²) in [5.41, 5.74) is 1.88. The zero-order chi connectivity index (χ0) is 7.23. The quantitative estimate of drug-likeness (QED) is 0.495. The summed E-state index contributed by atoms with van der Waals surface area (Å²) in [4.78, 5) is 0. The fourth-order valence-corrected chi connectivity index (χ4v) is 1.11. The van der Waals surface area contributed by atoms with Gasteiger partial charge in [0.15, 0.2) is 0 Å². The molecule has 0 radical (unpaired) electrons. The van der Waals surface area contributed by atoms with E-state index in [-0.39, 0.29) is 0 Å². The number of halogens is 1. The summed E-state index contributed by atoms with van der Waals surface area (Å²) in [6.07, 6.45) is 9.77. The minimum atomic E-state index is 0.588. The molecule has 1 rings (SSSR count). The smallest absolute Gasteiger partial charge is 0.142 e. The molecule has 1 aliphatic carbocycles. The fourth-order valence-electron chi connectivity index (χ4n) is 0.979. The van der Waals surface area contributed by atoms with E-state index in [1.807, 2.05) is 6.26 Å². The summed E-state index contributed by atoms with van der Waals surface area (Å²) in [7, 11) is 0. The molecular formula is C8H11BrO. The highest BCUT2D eigenvalue weighted by atomic mass is 79.9. The molecule has 0 aromatic carbocycles. The molecule has 1 nitrogen and oxygen atoms in total. The van der Waals surface area contributed by atoms with Crippen LogP contribution in [-0.2, 0) is 4.74 Å². The van der Waals surface area contributed by atoms with Gasteiger partial charge in [-0.05, 0) is 40.8 Å². The van der Waals surface area contributed by atoms with Crippen molar-refractivity contribution in [1.29, 1.82) is 0 Å². The first-order valence-electron chi connectivity index (χ1n) is 3.46. The minimum Gasteiger partial charge on any atom is -0.490 e. The van der Waals surface area contributed by atoms with E-state index in [1.54, 1.807) is 0 Å². The highest BCUT2D eigenvalue weighted by Gasteiger charge is 1.97. The van der Waals surface area contributed by atoms with Crippen LogP contribution in [0.5, 0.6) is 0 Å². The second-order valence-electron chi connectivity index (χ2n) is 2.26. The predicted octanol–water partition coefficient (Wildman–Crippen LogP) is 2.98. The van der Waals surface area contributed by atoms with Crippen molar-refractivity contribution >= 4 is 15.9 Å². The van der Waals surface area contributed by atoms with E-state index in [0.29, 0.717) is 5.52 Å². The predicted molar refractivity (Wildman–Crippen MR) is 46.0 cm³/mol. The molecule has 1 aliphatic rings. The molecule has 0 aliphatic heterocycles. The van der Waals surface area contributed by atoms with E-state index < -0.39 is 0 Å². The van der Waals surface area contributed by atoms with E-state index >= 15 is 0 Å². The van der Waals surface area contributed by atoms with Gasteiger partial charge < -0.3 is 4.74 Å². The topological polar surface area (TPSA) is 9.23 Å². The zero-order valence-corrected chi connectivity index (χ0v) is 7.43. The van der Waals surface area contributed by atoms with Crippen LogP contribution >= 0.6 is 15.9 Å². The van der Waals surface area contributed by atoms with Gasteiger partial charge in [-0.1, -0.05) is 12.2 Å². The average Bonchev–Trinajstić information content (AvgIpc) is 2.03. The van der Waals surface area contributed by atoms with Gasteiger partial charge in [0.25, 0.3) is 0 Å². The van der Waals surface area contributed by atoms with Crippen molar-refractivity contribution < 1.29 is 4.74 Å². The molecule has 10 heavy (non-hydrogen) atoms. The third-order valence-corrected chi connectivity index (χ3v) is 1.73. The van der Waals surface area contributed by atoms with Gasteiger partial charge in [-0.25, -0.2) is 0 Å². The molecule has 0 saturated heterocycles. The van der Waals surface area contributed by atoms with Crippen LogP contribution in [0.25, 0.3) is 0 Å². The number of ether oxygens (including phenoxy) is 1. The standard InChI is InChI=1S/C8H11BrO/c9-7-10-6-8-4-2-1-3-5-8/h2,4,6H,1,3,5,7H2/b8-6+. The van der Waals surface area contributed by atoms with Crippen molar-refractivity contribution in [1.82, 2.24) is 0 Å². The third-order valence-electron chi connectivity index (χ3n) is 1.47. The van der Waals surface area contributed by atoms with E-state index in [1.165, 1.54) is 18.4 Å². The van der Waals surface area contributed by atoms with E-state index in [0.717, 1.165) is 6.42 Å². The van der Waals surface area contributed by atoms with Crippen molar-refractivity contribution in [2.24, 2.45) is 0 Å². The van der Waals surface area contributed by atoms with Crippen molar-refractivity contribution in [3.63, 3.8) is 0 Å². The van der Waals surface area contributed by atoms with E-state index in [4.69, 9.17) is 4.74 Å². The lowest BCUT2D eigenvalue weighted by atomic mass is 10.0. The molecule has 0 amide bonds. The van der Waals surface area contributed by atoms with Crippen LogP contribution in [0.1, 0.15) is 19.3 Å². The second-order valence-corrected chi connectivity index (χ2v) is 2.72. The van der Waals surface area contributed by atoms with Gasteiger partial charge in [0.2, 0.25) is 0 Å². The lowest BCUT2D eigenvalue weighted by Gasteiger charge is -2.05. The summed E-state index contributed by atoms with van der Waals surface area (Å²) < 4.78 is 5.08. The lowest BCUT2D eigenvalue weighted by Crippen LogP contribution is -1.87. The van der Waals surface area contributed by atoms with E-state index in [9.17, 15) is 0 Å². The van der Waals surface area contributed by atoms with Crippen LogP contribution in [0.2, 0.25) is 0 Å². The molecule has 0 unspecified atom stereocenters. The Balaban J connectivity index is 2.38. The Hall–Kier alpha value is -0.240. The van der Waals surface area contributed by atoms with Crippen molar-refractivity contribution in [3.8, 4) is 0 Å². The van der Waals surface area contributed by atoms with Crippen LogP contribution in [0.3, 0.4) is 0 Å². The number of hydrogen-bond acceptors (Lipinski definition) is 1. The highest BCUT2D eigenvalue weighted by Crippen LogP contribution is 2.15. The van der Waals surface area contributed by atoms with E-state index in [2.05, 4.69) is 28.1 Å². The highest BCUT2D eigenvalue weighted by molar-refractivity contribution is 9.09. The molecule has 0 atom stereocenters. The van der Waals surface area contributed by atoms with Gasteiger partial charge in [-0.2, -0.15) is 0 Å². The fraction of sp³-hybridized carbons (Fsp3) is 0.500. The normalized spacial score (nSPS) is 21.5. The minimum absolute atomic E-state index is 0.588. The van der Waals surface area contributed by atoms with Crippen molar-refractivity contribution in [2.75, 3.05) is 5.52 Å². The van der Waals surface area contributed by atoms with Crippen LogP contribution in [0.15, 0.2) is 24.0 Å². The largest absolute Gasteiger partial charge is 0.490 e. The Bertz CT molecular complexity index is 149. The zero-order valence-electron chi connectivity index (χ0n) is 5.85. The molecule has 0 spiro atoms. The number of alkyl halides is 1. The first kappa shape index (κ1) is 7.86. The first-order chi connectivity index (χ1) is 4.93. The molecule has 0 bridgehead atoms. The summed E-state index contributed by atoms with van der Waals surface area (Å²) in [6, 6.07) is 0. The Morgan fingerprint density at radius 3 is 3.20 bits per heavy atom.